The minimum absolute atomic E-state index is 0.0289. The molecule has 0 aliphatic heterocycles. The third kappa shape index (κ3) is 2.57. The number of rotatable bonds is 4. The van der Waals surface area contributed by atoms with Crippen molar-refractivity contribution < 1.29 is 0 Å². The van der Waals surface area contributed by atoms with Crippen LogP contribution in [0.2, 0.25) is 0 Å². The van der Waals surface area contributed by atoms with Crippen LogP contribution in [-0.2, 0) is 6.54 Å². The molecule has 0 saturated carbocycles. The average molecular weight is 283 g/mol. The van der Waals surface area contributed by atoms with Gasteiger partial charge in [0.15, 0.2) is 5.65 Å². The number of fused-ring (bicyclic) bond motifs is 1. The summed E-state index contributed by atoms with van der Waals surface area (Å²) < 4.78 is 2.97. The molecule has 0 bridgehead atoms. The van der Waals surface area contributed by atoms with Gasteiger partial charge in [-0.25, -0.2) is 13.9 Å². The fraction of sp³-hybridized carbons (Fsp3) is 0.267. The standard InChI is InChI=1S/C15H17N5O/c1-11-3-5-12(6-4-11)13(16-2)10-20-15(21)19-8-7-17-9-14(19)18-20/h3-9,13,16H,10H2,1-2H3. The first-order valence-electron chi connectivity index (χ1n) is 6.82. The maximum absolute atomic E-state index is 12.3. The summed E-state index contributed by atoms with van der Waals surface area (Å²) in [5.74, 6) is 0. The summed E-state index contributed by atoms with van der Waals surface area (Å²) >= 11 is 0. The van der Waals surface area contributed by atoms with Gasteiger partial charge in [0.2, 0.25) is 0 Å². The van der Waals surface area contributed by atoms with Crippen LogP contribution in [0.1, 0.15) is 17.2 Å². The molecule has 0 saturated heterocycles. The van der Waals surface area contributed by atoms with Gasteiger partial charge in [-0.05, 0) is 19.5 Å². The normalized spacial score (nSPS) is 12.7. The van der Waals surface area contributed by atoms with Crippen LogP contribution < -0.4 is 11.0 Å². The van der Waals surface area contributed by atoms with Gasteiger partial charge in [0.1, 0.15) is 0 Å². The Balaban J connectivity index is 1.94. The summed E-state index contributed by atoms with van der Waals surface area (Å²) in [4.78, 5) is 16.3. The van der Waals surface area contributed by atoms with Gasteiger partial charge in [0.25, 0.3) is 0 Å². The van der Waals surface area contributed by atoms with Gasteiger partial charge in [-0.15, -0.1) is 5.10 Å². The highest BCUT2D eigenvalue weighted by molar-refractivity contribution is 5.32. The molecule has 2 heterocycles. The Morgan fingerprint density at radius 3 is 2.71 bits per heavy atom. The number of hydrogen-bond acceptors (Lipinski definition) is 4. The van der Waals surface area contributed by atoms with E-state index in [9.17, 15) is 4.79 Å². The van der Waals surface area contributed by atoms with Crippen molar-refractivity contribution in [3.05, 3.63) is 64.5 Å². The molecule has 108 valence electrons. The van der Waals surface area contributed by atoms with E-state index >= 15 is 0 Å². The second-order valence-corrected chi connectivity index (χ2v) is 5.02. The van der Waals surface area contributed by atoms with Crippen molar-refractivity contribution in [2.45, 2.75) is 19.5 Å². The molecule has 1 atom stereocenters. The van der Waals surface area contributed by atoms with Crippen LogP contribution in [0.5, 0.6) is 0 Å². The van der Waals surface area contributed by atoms with Crippen molar-refractivity contribution in [3.63, 3.8) is 0 Å². The Hall–Kier alpha value is -2.47. The van der Waals surface area contributed by atoms with E-state index < -0.39 is 0 Å². The summed E-state index contributed by atoms with van der Waals surface area (Å²) in [5.41, 5.74) is 2.75. The van der Waals surface area contributed by atoms with Gasteiger partial charge in [-0.1, -0.05) is 29.8 Å². The number of hydrogen-bond donors (Lipinski definition) is 1. The molecular formula is C15H17N5O. The third-order valence-electron chi connectivity index (χ3n) is 3.57. The lowest BCUT2D eigenvalue weighted by molar-refractivity contribution is 0.458. The number of benzene rings is 1. The quantitative estimate of drug-likeness (QED) is 0.780. The lowest BCUT2D eigenvalue weighted by Gasteiger charge is -2.16. The smallest absolute Gasteiger partial charge is 0.311 e. The van der Waals surface area contributed by atoms with E-state index in [2.05, 4.69) is 46.6 Å². The maximum Gasteiger partial charge on any atom is 0.350 e. The molecule has 0 aliphatic rings. The summed E-state index contributed by atoms with van der Waals surface area (Å²) in [6.07, 6.45) is 4.79. The van der Waals surface area contributed by atoms with E-state index in [1.165, 1.54) is 14.6 Å². The average Bonchev–Trinajstić information content (AvgIpc) is 2.83. The van der Waals surface area contributed by atoms with Crippen molar-refractivity contribution in [1.29, 1.82) is 0 Å². The number of aryl methyl sites for hydroxylation is 1. The molecule has 1 unspecified atom stereocenters. The summed E-state index contributed by atoms with van der Waals surface area (Å²) in [6, 6.07) is 8.30. The van der Waals surface area contributed by atoms with Gasteiger partial charge < -0.3 is 5.32 Å². The van der Waals surface area contributed by atoms with E-state index in [4.69, 9.17) is 0 Å². The molecule has 0 radical (unpaired) electrons. The fourth-order valence-electron chi connectivity index (χ4n) is 2.33. The Kier molecular flexibility index (Phi) is 3.53. The van der Waals surface area contributed by atoms with E-state index in [0.717, 1.165) is 5.56 Å². The summed E-state index contributed by atoms with van der Waals surface area (Å²) in [5, 5.41) is 7.54. The van der Waals surface area contributed by atoms with E-state index in [0.29, 0.717) is 12.2 Å². The predicted octanol–water partition coefficient (Wildman–Crippen LogP) is 1.16. The largest absolute Gasteiger partial charge is 0.350 e. The fourth-order valence-corrected chi connectivity index (χ4v) is 2.33. The van der Waals surface area contributed by atoms with E-state index in [-0.39, 0.29) is 11.7 Å². The summed E-state index contributed by atoms with van der Waals surface area (Å²) in [7, 11) is 1.88. The Bertz CT molecular complexity index is 803. The lowest BCUT2D eigenvalue weighted by atomic mass is 10.1. The molecule has 3 rings (SSSR count). The Morgan fingerprint density at radius 2 is 2.05 bits per heavy atom. The predicted molar refractivity (Wildman–Crippen MR) is 80.2 cm³/mol. The molecule has 1 aromatic carbocycles. The lowest BCUT2D eigenvalue weighted by Crippen LogP contribution is -2.29. The number of nitrogens with one attached hydrogen (secondary N) is 1. The zero-order chi connectivity index (χ0) is 14.8. The van der Waals surface area contributed by atoms with Crippen molar-refractivity contribution in [1.82, 2.24) is 24.5 Å². The minimum atomic E-state index is -0.153. The van der Waals surface area contributed by atoms with Crippen LogP contribution in [0.3, 0.4) is 0 Å². The van der Waals surface area contributed by atoms with Gasteiger partial charge in [-0.2, -0.15) is 0 Å². The van der Waals surface area contributed by atoms with Crippen LogP contribution in [0.15, 0.2) is 47.7 Å². The molecular weight excluding hydrogens is 266 g/mol. The summed E-state index contributed by atoms with van der Waals surface area (Å²) in [6.45, 7) is 2.53. The van der Waals surface area contributed by atoms with Crippen LogP contribution >= 0.6 is 0 Å². The highest BCUT2D eigenvalue weighted by atomic mass is 16.2. The molecule has 2 aromatic heterocycles. The van der Waals surface area contributed by atoms with Crippen molar-refractivity contribution in [2.24, 2.45) is 0 Å². The molecule has 0 spiro atoms. The second kappa shape index (κ2) is 5.49. The molecule has 21 heavy (non-hydrogen) atoms. The van der Waals surface area contributed by atoms with E-state index in [1.54, 1.807) is 18.6 Å². The third-order valence-corrected chi connectivity index (χ3v) is 3.57. The van der Waals surface area contributed by atoms with Crippen molar-refractivity contribution in [3.8, 4) is 0 Å². The van der Waals surface area contributed by atoms with Crippen LogP contribution in [0, 0.1) is 6.92 Å². The molecule has 6 heteroatoms. The molecule has 0 fully saturated rings. The second-order valence-electron chi connectivity index (χ2n) is 5.02. The van der Waals surface area contributed by atoms with Gasteiger partial charge in [0.05, 0.1) is 18.8 Å². The van der Waals surface area contributed by atoms with Crippen LogP contribution in [0.25, 0.3) is 5.65 Å². The number of likely N-dealkylation sites (N-methyl/N-ethyl adjacent to an activating group) is 1. The number of nitrogens with zero attached hydrogens (tertiary/aromatic N) is 4. The van der Waals surface area contributed by atoms with Gasteiger partial charge >= 0.3 is 5.69 Å². The number of aromatic nitrogens is 4. The first-order valence-corrected chi connectivity index (χ1v) is 6.82. The molecule has 0 aliphatic carbocycles. The van der Waals surface area contributed by atoms with Crippen LogP contribution in [-0.4, -0.2) is 26.2 Å². The topological polar surface area (TPSA) is 64.2 Å². The van der Waals surface area contributed by atoms with E-state index in [1.807, 2.05) is 7.05 Å². The Morgan fingerprint density at radius 1 is 1.29 bits per heavy atom. The Labute approximate surface area is 122 Å². The highest BCUT2D eigenvalue weighted by Crippen LogP contribution is 2.14. The SMILES string of the molecule is CNC(Cn1nc2cnccn2c1=O)c1ccc(C)cc1. The molecule has 6 nitrogen and oxygen atoms in total. The first kappa shape index (κ1) is 13.5. The zero-order valence-corrected chi connectivity index (χ0v) is 12.0. The first-order chi connectivity index (χ1) is 10.2. The maximum atomic E-state index is 12.3. The molecule has 1 N–H and O–H groups in total. The van der Waals surface area contributed by atoms with Gasteiger partial charge in [0, 0.05) is 12.4 Å². The highest BCUT2D eigenvalue weighted by Gasteiger charge is 2.14. The van der Waals surface area contributed by atoms with Crippen molar-refractivity contribution >= 4 is 5.65 Å². The molecule has 0 amide bonds. The zero-order valence-electron chi connectivity index (χ0n) is 12.0. The van der Waals surface area contributed by atoms with Crippen molar-refractivity contribution in [2.75, 3.05) is 7.05 Å². The van der Waals surface area contributed by atoms with Crippen LogP contribution in [0.4, 0.5) is 0 Å². The van der Waals surface area contributed by atoms with Gasteiger partial charge in [-0.3, -0.25) is 4.98 Å². The molecule has 3 aromatic rings. The monoisotopic (exact) mass is 283 g/mol. The minimum Gasteiger partial charge on any atom is -0.311 e.